The Kier molecular flexibility index (Phi) is 4.67. The van der Waals surface area contributed by atoms with Crippen molar-refractivity contribution in [2.24, 2.45) is 0 Å². The highest BCUT2D eigenvalue weighted by Gasteiger charge is 2.32. The van der Waals surface area contributed by atoms with Crippen LogP contribution in [0.3, 0.4) is 0 Å². The number of carbonyl (C=O) groups is 1. The van der Waals surface area contributed by atoms with Crippen LogP contribution in [0.15, 0.2) is 12.1 Å². The molecule has 1 saturated carbocycles. The topological polar surface area (TPSA) is 46.5 Å². The number of alkyl halides is 2. The van der Waals surface area contributed by atoms with Crippen LogP contribution in [0.4, 0.5) is 4.39 Å². The Morgan fingerprint density at radius 1 is 1.35 bits per heavy atom. The van der Waals surface area contributed by atoms with Crippen molar-refractivity contribution in [1.82, 2.24) is 0 Å². The predicted octanol–water partition coefficient (Wildman–Crippen LogP) is 4.67. The zero-order valence-electron chi connectivity index (χ0n) is 10.3. The van der Waals surface area contributed by atoms with Gasteiger partial charge in [-0.3, -0.25) is 0 Å². The molecule has 20 heavy (non-hydrogen) atoms. The van der Waals surface area contributed by atoms with Gasteiger partial charge in [0, 0.05) is 6.07 Å². The Hall–Kier alpha value is -0.710. The van der Waals surface area contributed by atoms with Gasteiger partial charge >= 0.3 is 5.97 Å². The fraction of sp³-hybridized carbons (Fsp3) is 0.462. The van der Waals surface area contributed by atoms with E-state index in [0.29, 0.717) is 25.7 Å². The number of ether oxygens (including phenoxy) is 1. The molecule has 0 aliphatic heterocycles. The van der Waals surface area contributed by atoms with E-state index >= 15 is 0 Å². The van der Waals surface area contributed by atoms with Gasteiger partial charge in [-0.05, 0) is 31.7 Å². The van der Waals surface area contributed by atoms with Crippen LogP contribution in [0.2, 0.25) is 5.02 Å². The Morgan fingerprint density at radius 2 is 1.95 bits per heavy atom. The van der Waals surface area contributed by atoms with Gasteiger partial charge in [0.15, 0.2) is 11.6 Å². The predicted molar refractivity (Wildman–Crippen MR) is 75.7 cm³/mol. The summed E-state index contributed by atoms with van der Waals surface area (Å²) in [5.74, 6) is -2.09. The molecule has 0 radical (unpaired) electrons. The maximum absolute atomic E-state index is 13.8. The fourth-order valence-electron chi connectivity index (χ4n) is 2.09. The van der Waals surface area contributed by atoms with Gasteiger partial charge in [0.25, 0.3) is 0 Å². The molecular weight excluding hydrogens is 329 g/mol. The second-order valence-electron chi connectivity index (χ2n) is 4.74. The summed E-state index contributed by atoms with van der Waals surface area (Å²) in [5.41, 5.74) is -0.291. The van der Waals surface area contributed by atoms with Gasteiger partial charge in [-0.15, -0.1) is 23.2 Å². The number of rotatable bonds is 3. The molecule has 1 aromatic carbocycles. The summed E-state index contributed by atoms with van der Waals surface area (Å²) >= 11 is 17.8. The molecule has 0 amide bonds. The van der Waals surface area contributed by atoms with E-state index in [9.17, 15) is 9.18 Å². The van der Waals surface area contributed by atoms with Gasteiger partial charge in [-0.2, -0.15) is 0 Å². The number of hydrogen-bond donors (Lipinski definition) is 1. The molecule has 1 aliphatic carbocycles. The van der Waals surface area contributed by atoms with Crippen LogP contribution in [0, 0.1) is 5.82 Å². The first-order valence-electron chi connectivity index (χ1n) is 6.05. The summed E-state index contributed by atoms with van der Waals surface area (Å²) in [6.07, 6.45) is 2.11. The normalized spacial score (nSPS) is 18.8. The Bertz CT molecular complexity index is 524. The van der Waals surface area contributed by atoms with E-state index in [1.165, 1.54) is 6.07 Å². The average molecular weight is 342 g/mol. The monoisotopic (exact) mass is 340 g/mol. The molecule has 0 aromatic heterocycles. The van der Waals surface area contributed by atoms with Crippen LogP contribution >= 0.6 is 34.8 Å². The SMILES string of the molecule is O=C(O)c1cc(F)c(OC2CCC(Cl)(Cl)CC2)cc1Cl. The first-order chi connectivity index (χ1) is 9.28. The standard InChI is InChI=1S/C13H12Cl3FO3/c14-9-6-11(10(17)5-8(9)12(18)19)20-7-1-3-13(15,16)4-2-7/h5-7H,1-4H2,(H,18,19). The molecule has 7 heteroatoms. The van der Waals surface area contributed by atoms with Gasteiger partial charge < -0.3 is 9.84 Å². The van der Waals surface area contributed by atoms with Crippen LogP contribution in [0.25, 0.3) is 0 Å². The summed E-state index contributed by atoms with van der Waals surface area (Å²) in [5, 5.41) is 8.78. The van der Waals surface area contributed by atoms with Gasteiger partial charge in [-0.1, -0.05) is 11.6 Å². The van der Waals surface area contributed by atoms with E-state index in [-0.39, 0.29) is 22.4 Å². The maximum atomic E-state index is 13.8. The van der Waals surface area contributed by atoms with Crippen molar-refractivity contribution in [2.75, 3.05) is 0 Å². The van der Waals surface area contributed by atoms with E-state index in [1.807, 2.05) is 0 Å². The minimum Gasteiger partial charge on any atom is -0.487 e. The van der Waals surface area contributed by atoms with Crippen LogP contribution < -0.4 is 4.74 Å². The van der Waals surface area contributed by atoms with Gasteiger partial charge in [0.1, 0.15) is 4.33 Å². The number of halogens is 4. The molecule has 2 rings (SSSR count). The van der Waals surface area contributed by atoms with Crippen molar-refractivity contribution in [3.63, 3.8) is 0 Å². The number of hydrogen-bond acceptors (Lipinski definition) is 2. The molecule has 0 unspecified atom stereocenters. The highest BCUT2D eigenvalue weighted by molar-refractivity contribution is 6.48. The molecule has 110 valence electrons. The third-order valence-electron chi connectivity index (χ3n) is 3.21. The van der Waals surface area contributed by atoms with Crippen LogP contribution in [-0.4, -0.2) is 21.5 Å². The molecule has 3 nitrogen and oxygen atoms in total. The van der Waals surface area contributed by atoms with Crippen molar-refractivity contribution < 1.29 is 19.0 Å². The first-order valence-corrected chi connectivity index (χ1v) is 7.19. The van der Waals surface area contributed by atoms with E-state index in [2.05, 4.69) is 0 Å². The minimum absolute atomic E-state index is 0.0540. The molecule has 0 spiro atoms. The lowest BCUT2D eigenvalue weighted by atomic mass is 9.96. The third-order valence-corrected chi connectivity index (χ3v) is 4.28. The van der Waals surface area contributed by atoms with Crippen molar-refractivity contribution in [1.29, 1.82) is 0 Å². The van der Waals surface area contributed by atoms with Crippen molar-refractivity contribution >= 4 is 40.8 Å². The molecule has 1 aromatic rings. The largest absolute Gasteiger partial charge is 0.487 e. The quantitative estimate of drug-likeness (QED) is 0.812. The molecule has 0 saturated heterocycles. The van der Waals surface area contributed by atoms with Crippen LogP contribution in [0.5, 0.6) is 5.75 Å². The fourth-order valence-corrected chi connectivity index (χ4v) is 2.76. The zero-order valence-corrected chi connectivity index (χ0v) is 12.6. The first kappa shape index (κ1) is 15.7. The number of aromatic carboxylic acids is 1. The highest BCUT2D eigenvalue weighted by atomic mass is 35.5. The summed E-state index contributed by atoms with van der Waals surface area (Å²) in [7, 11) is 0. The third kappa shape index (κ3) is 3.68. The second kappa shape index (κ2) is 5.96. The number of carboxylic acids is 1. The zero-order chi connectivity index (χ0) is 14.9. The minimum atomic E-state index is -1.29. The van der Waals surface area contributed by atoms with Gasteiger partial charge in [0.05, 0.1) is 16.7 Å². The van der Waals surface area contributed by atoms with Crippen molar-refractivity contribution in [3.05, 3.63) is 28.5 Å². The van der Waals surface area contributed by atoms with E-state index in [0.717, 1.165) is 6.07 Å². The molecule has 0 atom stereocenters. The van der Waals surface area contributed by atoms with E-state index in [1.54, 1.807) is 0 Å². The highest BCUT2D eigenvalue weighted by Crippen LogP contribution is 2.39. The summed E-state index contributed by atoms with van der Waals surface area (Å²) in [6.45, 7) is 0. The van der Waals surface area contributed by atoms with Gasteiger partial charge in [-0.25, -0.2) is 9.18 Å². The van der Waals surface area contributed by atoms with Crippen molar-refractivity contribution in [2.45, 2.75) is 36.1 Å². The lowest BCUT2D eigenvalue weighted by Crippen LogP contribution is -2.29. The molecule has 1 N–H and O–H groups in total. The Labute approximate surface area is 130 Å². The Morgan fingerprint density at radius 3 is 2.50 bits per heavy atom. The van der Waals surface area contributed by atoms with E-state index < -0.39 is 16.1 Å². The summed E-state index contributed by atoms with van der Waals surface area (Å²) in [4.78, 5) is 10.8. The number of benzene rings is 1. The second-order valence-corrected chi connectivity index (χ2v) is 6.79. The van der Waals surface area contributed by atoms with Crippen LogP contribution in [0.1, 0.15) is 36.0 Å². The smallest absolute Gasteiger partial charge is 0.337 e. The average Bonchev–Trinajstić information content (AvgIpc) is 2.35. The molecule has 0 bridgehead atoms. The summed E-state index contributed by atoms with van der Waals surface area (Å²) in [6, 6.07) is 2.04. The molecule has 1 fully saturated rings. The summed E-state index contributed by atoms with van der Waals surface area (Å²) < 4.78 is 18.6. The molecule has 1 aliphatic rings. The molecular formula is C13H12Cl3FO3. The lowest BCUT2D eigenvalue weighted by Gasteiger charge is -2.30. The van der Waals surface area contributed by atoms with E-state index in [4.69, 9.17) is 44.6 Å². The Balaban J connectivity index is 2.11. The maximum Gasteiger partial charge on any atom is 0.337 e. The molecule has 0 heterocycles. The van der Waals surface area contributed by atoms with Crippen LogP contribution in [-0.2, 0) is 0 Å². The van der Waals surface area contributed by atoms with Gasteiger partial charge in [0.2, 0.25) is 0 Å². The van der Waals surface area contributed by atoms with Crippen molar-refractivity contribution in [3.8, 4) is 5.75 Å². The number of carboxylic acid groups (broad SMARTS) is 1. The lowest BCUT2D eigenvalue weighted by molar-refractivity contribution is 0.0696.